The highest BCUT2D eigenvalue weighted by atomic mass is 127. The monoisotopic (exact) mass is 605 g/mol. The zero-order valence-corrected chi connectivity index (χ0v) is 24.6. The second-order valence-corrected chi connectivity index (χ2v) is 11.9. The molecule has 1 saturated heterocycles. The predicted molar refractivity (Wildman–Crippen MR) is 158 cm³/mol. The molecule has 1 heterocycles. The molecule has 3 rings (SSSR count). The lowest BCUT2D eigenvalue weighted by Gasteiger charge is -2.42. The Labute approximate surface area is 231 Å². The lowest BCUT2D eigenvalue weighted by Crippen LogP contribution is -2.54. The molecular formula is C30H44IN3O2. The molecule has 1 aliphatic rings. The third-order valence-corrected chi connectivity index (χ3v) is 7.60. The van der Waals surface area contributed by atoms with E-state index in [1.54, 1.807) is 0 Å². The average molecular weight is 606 g/mol. The van der Waals surface area contributed by atoms with E-state index in [1.165, 1.54) is 11.1 Å². The molecule has 36 heavy (non-hydrogen) atoms. The lowest BCUT2D eigenvalue weighted by atomic mass is 9.84. The van der Waals surface area contributed by atoms with Gasteiger partial charge >= 0.3 is 0 Å². The van der Waals surface area contributed by atoms with E-state index in [9.17, 15) is 4.79 Å². The highest BCUT2D eigenvalue weighted by molar-refractivity contribution is 14.1. The standard InChI is InChI=1S/C30H44IN3O2/c1-5-36-26-13-11-25(12-14-26)29(24-9-7-6-8-10-24)33-22-27(30(2,3)4)34(20-17-31)28(35)21-23-15-18-32-19-16-23/h6-14,23,27,29,32-33H,5,15-22H2,1-4H3/t27-,29?/m1/s1. The fourth-order valence-corrected chi connectivity index (χ4v) is 5.63. The van der Waals surface area contributed by atoms with Gasteiger partial charge in [0.1, 0.15) is 5.75 Å². The zero-order chi connectivity index (χ0) is 26.0. The number of hydrogen-bond acceptors (Lipinski definition) is 4. The average Bonchev–Trinajstić information content (AvgIpc) is 2.87. The van der Waals surface area contributed by atoms with Gasteiger partial charge in [-0.25, -0.2) is 0 Å². The molecule has 2 atom stereocenters. The van der Waals surface area contributed by atoms with Crippen LogP contribution in [0, 0.1) is 11.3 Å². The van der Waals surface area contributed by atoms with Crippen molar-refractivity contribution in [2.45, 2.75) is 59.0 Å². The molecule has 1 fully saturated rings. The van der Waals surface area contributed by atoms with Gasteiger partial charge in [-0.1, -0.05) is 85.8 Å². The summed E-state index contributed by atoms with van der Waals surface area (Å²) in [5.41, 5.74) is 2.36. The van der Waals surface area contributed by atoms with Gasteiger partial charge in [0, 0.05) is 30.0 Å². The number of amides is 1. The summed E-state index contributed by atoms with van der Waals surface area (Å²) < 4.78 is 6.60. The molecule has 2 aromatic carbocycles. The number of hydrogen-bond donors (Lipinski definition) is 2. The minimum atomic E-state index is -0.0529. The van der Waals surface area contributed by atoms with Gasteiger partial charge < -0.3 is 20.3 Å². The summed E-state index contributed by atoms with van der Waals surface area (Å²) in [6.45, 7) is 13.0. The van der Waals surface area contributed by atoms with Crippen molar-refractivity contribution < 1.29 is 9.53 Å². The van der Waals surface area contributed by atoms with E-state index in [1.807, 2.05) is 19.1 Å². The zero-order valence-electron chi connectivity index (χ0n) is 22.4. The minimum Gasteiger partial charge on any atom is -0.494 e. The van der Waals surface area contributed by atoms with Crippen LogP contribution in [0.25, 0.3) is 0 Å². The molecule has 1 unspecified atom stereocenters. The number of halogens is 1. The fraction of sp³-hybridized carbons (Fsp3) is 0.567. The van der Waals surface area contributed by atoms with Crippen LogP contribution in [0.5, 0.6) is 5.75 Å². The Kier molecular flexibility index (Phi) is 11.5. The summed E-state index contributed by atoms with van der Waals surface area (Å²) >= 11 is 2.40. The summed E-state index contributed by atoms with van der Waals surface area (Å²) in [7, 11) is 0. The van der Waals surface area contributed by atoms with E-state index in [-0.39, 0.29) is 17.5 Å². The SMILES string of the molecule is CCOc1ccc(C(NC[C@@H](N(CCI)C(=O)CC2CCNCC2)C(C)(C)C)c2ccccc2)cc1. The van der Waals surface area contributed by atoms with E-state index < -0.39 is 0 Å². The minimum absolute atomic E-state index is 0.0349. The van der Waals surface area contributed by atoms with Gasteiger partial charge in [-0.2, -0.15) is 0 Å². The van der Waals surface area contributed by atoms with Crippen LogP contribution in [-0.2, 0) is 4.79 Å². The molecule has 0 spiro atoms. The number of alkyl halides is 1. The second kappa shape index (κ2) is 14.3. The van der Waals surface area contributed by atoms with Crippen molar-refractivity contribution >= 4 is 28.5 Å². The van der Waals surface area contributed by atoms with Crippen LogP contribution in [0.1, 0.15) is 64.1 Å². The van der Waals surface area contributed by atoms with E-state index in [0.717, 1.165) is 49.2 Å². The predicted octanol–water partition coefficient (Wildman–Crippen LogP) is 5.83. The van der Waals surface area contributed by atoms with Crippen molar-refractivity contribution in [2.24, 2.45) is 11.3 Å². The molecule has 2 N–H and O–H groups in total. The third kappa shape index (κ3) is 8.45. The Morgan fingerprint density at radius 1 is 1.08 bits per heavy atom. The van der Waals surface area contributed by atoms with Crippen molar-refractivity contribution in [1.29, 1.82) is 0 Å². The quantitative estimate of drug-likeness (QED) is 0.236. The molecule has 5 nitrogen and oxygen atoms in total. The summed E-state index contributed by atoms with van der Waals surface area (Å²) in [5, 5.41) is 7.28. The molecule has 1 aliphatic heterocycles. The first-order valence-electron chi connectivity index (χ1n) is 13.4. The molecular weight excluding hydrogens is 561 g/mol. The van der Waals surface area contributed by atoms with Crippen LogP contribution >= 0.6 is 22.6 Å². The molecule has 0 aliphatic carbocycles. The van der Waals surface area contributed by atoms with Gasteiger partial charge in [0.15, 0.2) is 0 Å². The molecule has 6 heteroatoms. The number of carbonyl (C=O) groups is 1. The number of benzene rings is 2. The summed E-state index contributed by atoms with van der Waals surface area (Å²) in [4.78, 5) is 15.8. The second-order valence-electron chi connectivity index (χ2n) is 10.8. The Morgan fingerprint density at radius 2 is 1.72 bits per heavy atom. The van der Waals surface area contributed by atoms with E-state index in [4.69, 9.17) is 4.74 Å². The number of rotatable bonds is 12. The van der Waals surface area contributed by atoms with Gasteiger partial charge in [-0.15, -0.1) is 0 Å². The molecule has 198 valence electrons. The molecule has 0 saturated carbocycles. The summed E-state index contributed by atoms with van der Waals surface area (Å²) in [5.74, 6) is 1.68. The van der Waals surface area contributed by atoms with Crippen LogP contribution in [-0.4, -0.2) is 54.1 Å². The Hall–Kier alpha value is -1.64. The number of nitrogens with zero attached hydrogens (tertiary/aromatic N) is 1. The number of ether oxygens (including phenoxy) is 1. The Balaban J connectivity index is 1.82. The van der Waals surface area contributed by atoms with Crippen LogP contribution in [0.3, 0.4) is 0 Å². The number of carbonyl (C=O) groups excluding carboxylic acids is 1. The van der Waals surface area contributed by atoms with Crippen LogP contribution in [0.15, 0.2) is 54.6 Å². The van der Waals surface area contributed by atoms with Crippen LogP contribution in [0.2, 0.25) is 0 Å². The van der Waals surface area contributed by atoms with Gasteiger partial charge in [0.25, 0.3) is 0 Å². The first-order valence-corrected chi connectivity index (χ1v) is 14.9. The Bertz CT molecular complexity index is 908. The van der Waals surface area contributed by atoms with E-state index >= 15 is 0 Å². The van der Waals surface area contributed by atoms with Crippen LogP contribution < -0.4 is 15.4 Å². The highest BCUT2D eigenvalue weighted by Crippen LogP contribution is 2.29. The van der Waals surface area contributed by atoms with E-state index in [0.29, 0.717) is 24.9 Å². The normalized spacial score (nSPS) is 16.4. The maximum atomic E-state index is 13.6. The first-order chi connectivity index (χ1) is 17.3. The van der Waals surface area contributed by atoms with Gasteiger partial charge in [-0.05, 0) is 67.4 Å². The van der Waals surface area contributed by atoms with Crippen molar-refractivity contribution in [3.8, 4) is 5.75 Å². The third-order valence-electron chi connectivity index (χ3n) is 7.12. The fourth-order valence-electron chi connectivity index (χ4n) is 5.11. The number of nitrogens with one attached hydrogen (secondary N) is 2. The summed E-state index contributed by atoms with van der Waals surface area (Å²) in [6, 6.07) is 19.1. The number of piperidine rings is 1. The smallest absolute Gasteiger partial charge is 0.223 e. The van der Waals surface area contributed by atoms with Gasteiger partial charge in [0.2, 0.25) is 5.91 Å². The molecule has 1 amide bonds. The maximum Gasteiger partial charge on any atom is 0.223 e. The van der Waals surface area contributed by atoms with Crippen molar-refractivity contribution in [3.05, 3.63) is 65.7 Å². The first kappa shape index (κ1) is 28.9. The largest absolute Gasteiger partial charge is 0.494 e. The lowest BCUT2D eigenvalue weighted by molar-refractivity contribution is -0.136. The molecule has 0 radical (unpaired) electrons. The van der Waals surface area contributed by atoms with Crippen molar-refractivity contribution in [3.63, 3.8) is 0 Å². The van der Waals surface area contributed by atoms with Gasteiger partial charge in [0.05, 0.1) is 12.6 Å². The van der Waals surface area contributed by atoms with Gasteiger partial charge in [-0.3, -0.25) is 4.79 Å². The maximum absolute atomic E-state index is 13.6. The topological polar surface area (TPSA) is 53.6 Å². The molecule has 2 aromatic rings. The van der Waals surface area contributed by atoms with Crippen molar-refractivity contribution in [2.75, 3.05) is 37.2 Å². The van der Waals surface area contributed by atoms with Crippen molar-refractivity contribution in [1.82, 2.24) is 15.5 Å². The highest BCUT2D eigenvalue weighted by Gasteiger charge is 2.34. The molecule has 0 bridgehead atoms. The Morgan fingerprint density at radius 3 is 2.31 bits per heavy atom. The summed E-state index contributed by atoms with van der Waals surface area (Å²) in [6.07, 6.45) is 2.85. The van der Waals surface area contributed by atoms with Crippen LogP contribution in [0.4, 0.5) is 0 Å². The molecule has 0 aromatic heterocycles. The van der Waals surface area contributed by atoms with E-state index in [2.05, 4.69) is 101 Å².